The van der Waals surface area contributed by atoms with E-state index in [2.05, 4.69) is 288 Å². The van der Waals surface area contributed by atoms with Crippen LogP contribution >= 0.6 is 0 Å². The van der Waals surface area contributed by atoms with Gasteiger partial charge in [0, 0.05) is 50.6 Å². The molecule has 0 aliphatic carbocycles. The largest absolute Gasteiger partial charge is 0.310 e. The summed E-state index contributed by atoms with van der Waals surface area (Å²) in [5.74, 6) is 0. The summed E-state index contributed by atoms with van der Waals surface area (Å²) in [6.45, 7) is 4.42. The van der Waals surface area contributed by atoms with Gasteiger partial charge in [0.2, 0.25) is 0 Å². The highest BCUT2D eigenvalue weighted by Gasteiger charge is 2.24. The van der Waals surface area contributed by atoms with Crippen LogP contribution in [0.5, 0.6) is 0 Å². The first kappa shape index (κ1) is 40.2. The Bertz CT molecular complexity index is 3400. The molecule has 1 heterocycles. The third-order valence-electron chi connectivity index (χ3n) is 12.6. The first-order chi connectivity index (χ1) is 32.6. The van der Waals surface area contributed by atoms with Gasteiger partial charge in [0.15, 0.2) is 0 Å². The second kappa shape index (κ2) is 17.5. The normalized spacial score (nSPS) is 11.2. The summed E-state index contributed by atoms with van der Waals surface area (Å²) in [6.07, 6.45) is 0. The van der Waals surface area contributed by atoms with Gasteiger partial charge >= 0.3 is 0 Å². The monoisotopic (exact) mass is 848 g/mol. The predicted molar refractivity (Wildman–Crippen MR) is 280 cm³/mol. The van der Waals surface area contributed by atoms with Crippen molar-refractivity contribution in [1.82, 2.24) is 4.57 Å². The number of hydrogen-bond acceptors (Lipinski definition) is 3. The summed E-state index contributed by atoms with van der Waals surface area (Å²) in [7, 11) is 0. The highest BCUT2D eigenvalue weighted by molar-refractivity contribution is 6.10. The highest BCUT2D eigenvalue weighted by atomic mass is 15.2. The van der Waals surface area contributed by atoms with E-state index in [1.807, 2.05) is 0 Å². The molecule has 11 rings (SSSR count). The van der Waals surface area contributed by atoms with Crippen molar-refractivity contribution in [1.29, 1.82) is 0 Å². The Kier molecular flexibility index (Phi) is 10.7. The molecule has 4 heteroatoms. The van der Waals surface area contributed by atoms with E-state index in [1.165, 1.54) is 38.5 Å². The summed E-state index contributed by atoms with van der Waals surface area (Å²) in [4.78, 5) is 7.17. The number of aromatic nitrogens is 1. The van der Waals surface area contributed by atoms with Gasteiger partial charge in [-0.15, -0.1) is 0 Å². The number of rotatable bonds is 11. The maximum Gasteiger partial charge on any atom is 0.0561 e. The van der Waals surface area contributed by atoms with Crippen molar-refractivity contribution >= 4 is 73.0 Å². The molecule has 0 saturated heterocycles. The van der Waals surface area contributed by atoms with Crippen molar-refractivity contribution in [2.75, 3.05) is 14.7 Å². The minimum atomic E-state index is 1.02. The molecule has 0 aliphatic heterocycles. The van der Waals surface area contributed by atoms with Gasteiger partial charge in [-0.05, 0) is 145 Å². The fourth-order valence-corrected chi connectivity index (χ4v) is 9.53. The standard InChI is InChI=1S/C62H48N4/c1-45-22-18-19-33-57(45)58-38-36-52(40-46(58)2)64(49-27-12-5-13-28-49)55-41-54(63(47-23-8-3-9-24-47)48-25-10-4-11-26-48)42-56(43-55)65(50-29-14-6-15-30-50)53-37-39-60-59-34-20-21-35-61(59)66(62(60)44-53)51-31-16-7-17-32-51/h3-44H,1-2H3. The van der Waals surface area contributed by atoms with E-state index in [9.17, 15) is 0 Å². The second-order valence-corrected chi connectivity index (χ2v) is 16.8. The summed E-state index contributed by atoms with van der Waals surface area (Å²) in [6, 6.07) is 91.8. The number of benzene rings is 10. The van der Waals surface area contributed by atoms with Gasteiger partial charge in [0.1, 0.15) is 0 Å². The average Bonchev–Trinajstić information content (AvgIpc) is 3.70. The molecule has 0 atom stereocenters. The molecule has 66 heavy (non-hydrogen) atoms. The van der Waals surface area contributed by atoms with Crippen LogP contribution in [0.4, 0.5) is 51.2 Å². The third kappa shape index (κ3) is 7.55. The van der Waals surface area contributed by atoms with Crippen LogP contribution in [0.3, 0.4) is 0 Å². The molecule has 0 N–H and O–H groups in total. The number of anilines is 9. The van der Waals surface area contributed by atoms with Gasteiger partial charge in [-0.25, -0.2) is 0 Å². The van der Waals surface area contributed by atoms with Crippen LogP contribution in [0.15, 0.2) is 255 Å². The molecule has 0 fully saturated rings. The van der Waals surface area contributed by atoms with Gasteiger partial charge < -0.3 is 19.3 Å². The Labute approximate surface area is 387 Å². The topological polar surface area (TPSA) is 14.7 Å². The zero-order chi connectivity index (χ0) is 44.4. The number of para-hydroxylation sites is 6. The molecule has 0 spiro atoms. The maximum absolute atomic E-state index is 2.41. The van der Waals surface area contributed by atoms with Crippen molar-refractivity contribution in [2.24, 2.45) is 0 Å². The van der Waals surface area contributed by atoms with E-state index in [0.29, 0.717) is 0 Å². The zero-order valence-electron chi connectivity index (χ0n) is 37.0. The van der Waals surface area contributed by atoms with Crippen molar-refractivity contribution in [3.63, 3.8) is 0 Å². The van der Waals surface area contributed by atoms with Gasteiger partial charge in [-0.1, -0.05) is 146 Å². The summed E-state index contributed by atoms with van der Waals surface area (Å²) in [5, 5.41) is 2.43. The van der Waals surface area contributed by atoms with Crippen LogP contribution in [0, 0.1) is 13.8 Å². The van der Waals surface area contributed by atoms with Crippen LogP contribution in [0.2, 0.25) is 0 Å². The van der Waals surface area contributed by atoms with E-state index in [1.54, 1.807) is 0 Å². The van der Waals surface area contributed by atoms with Crippen molar-refractivity contribution in [2.45, 2.75) is 13.8 Å². The summed E-state index contributed by atoms with van der Waals surface area (Å²) >= 11 is 0. The smallest absolute Gasteiger partial charge is 0.0561 e. The van der Waals surface area contributed by atoms with E-state index in [4.69, 9.17) is 0 Å². The molecule has 316 valence electrons. The van der Waals surface area contributed by atoms with E-state index >= 15 is 0 Å². The van der Waals surface area contributed by atoms with E-state index in [0.717, 1.165) is 62.4 Å². The first-order valence-electron chi connectivity index (χ1n) is 22.6. The van der Waals surface area contributed by atoms with E-state index in [-0.39, 0.29) is 0 Å². The highest BCUT2D eigenvalue weighted by Crippen LogP contribution is 2.47. The van der Waals surface area contributed by atoms with Crippen LogP contribution < -0.4 is 14.7 Å². The quantitative estimate of drug-likeness (QED) is 0.129. The molecule has 10 aromatic carbocycles. The van der Waals surface area contributed by atoms with Crippen LogP contribution in [-0.2, 0) is 0 Å². The van der Waals surface area contributed by atoms with Crippen molar-refractivity contribution < 1.29 is 0 Å². The Hall–Kier alpha value is -8.60. The van der Waals surface area contributed by atoms with Crippen LogP contribution in [-0.4, -0.2) is 4.57 Å². The molecule has 1 aromatic heterocycles. The molecule has 0 aliphatic rings. The average molecular weight is 849 g/mol. The maximum atomic E-state index is 2.41. The van der Waals surface area contributed by atoms with Gasteiger partial charge in [-0.3, -0.25) is 0 Å². The Morgan fingerprint density at radius 1 is 0.258 bits per heavy atom. The fourth-order valence-electron chi connectivity index (χ4n) is 9.53. The Balaban J connectivity index is 1.18. The lowest BCUT2D eigenvalue weighted by atomic mass is 9.96. The van der Waals surface area contributed by atoms with Crippen molar-refractivity contribution in [3.05, 3.63) is 266 Å². The molecule has 0 saturated carbocycles. The number of aryl methyl sites for hydroxylation is 2. The Morgan fingerprint density at radius 3 is 1.17 bits per heavy atom. The molecular formula is C62H48N4. The molecule has 4 nitrogen and oxygen atoms in total. The molecule has 0 radical (unpaired) electrons. The second-order valence-electron chi connectivity index (χ2n) is 16.8. The lowest BCUT2D eigenvalue weighted by Gasteiger charge is -2.33. The number of fused-ring (bicyclic) bond motifs is 3. The van der Waals surface area contributed by atoms with E-state index < -0.39 is 0 Å². The Morgan fingerprint density at radius 2 is 0.652 bits per heavy atom. The zero-order valence-corrected chi connectivity index (χ0v) is 37.0. The number of hydrogen-bond donors (Lipinski definition) is 0. The molecule has 0 bridgehead atoms. The van der Waals surface area contributed by atoms with Crippen LogP contribution in [0.1, 0.15) is 11.1 Å². The first-order valence-corrected chi connectivity index (χ1v) is 22.6. The molecule has 11 aromatic rings. The van der Waals surface area contributed by atoms with Gasteiger partial charge in [0.05, 0.1) is 28.1 Å². The van der Waals surface area contributed by atoms with Gasteiger partial charge in [0.25, 0.3) is 0 Å². The molecular weight excluding hydrogens is 801 g/mol. The lowest BCUT2D eigenvalue weighted by Crippen LogP contribution is -2.16. The lowest BCUT2D eigenvalue weighted by molar-refractivity contribution is 1.18. The van der Waals surface area contributed by atoms with Gasteiger partial charge in [-0.2, -0.15) is 0 Å². The minimum Gasteiger partial charge on any atom is -0.310 e. The van der Waals surface area contributed by atoms with Crippen molar-refractivity contribution in [3.8, 4) is 16.8 Å². The number of nitrogens with zero attached hydrogens (tertiary/aromatic N) is 4. The SMILES string of the molecule is Cc1ccccc1-c1ccc(N(c2ccccc2)c2cc(N(c3ccccc3)c3ccccc3)cc(N(c3ccccc3)c3ccc4c5ccccc5n(-c5ccccc5)c4c3)c2)cc1C. The van der Waals surface area contributed by atoms with Crippen LogP contribution in [0.25, 0.3) is 38.6 Å². The predicted octanol–water partition coefficient (Wildman–Crippen LogP) is 17.5. The third-order valence-corrected chi connectivity index (χ3v) is 12.6. The molecule has 0 amide bonds. The fraction of sp³-hybridized carbons (Fsp3) is 0.0323. The molecule has 0 unspecified atom stereocenters. The summed E-state index contributed by atoms with van der Waals surface area (Å²) < 4.78 is 2.39. The minimum absolute atomic E-state index is 1.02. The summed E-state index contributed by atoms with van der Waals surface area (Å²) in [5.41, 5.74) is 17.8.